The van der Waals surface area contributed by atoms with E-state index in [0.29, 0.717) is 29.1 Å². The van der Waals surface area contributed by atoms with Gasteiger partial charge >= 0.3 is 0 Å². The van der Waals surface area contributed by atoms with Crippen LogP contribution in [0.25, 0.3) is 11.1 Å². The molecule has 2 amide bonds. The summed E-state index contributed by atoms with van der Waals surface area (Å²) in [6.07, 6.45) is 2.88. The second-order valence-electron chi connectivity index (χ2n) is 8.55. The number of para-hydroxylation sites is 1. The molecule has 0 fully saturated rings. The maximum Gasteiger partial charge on any atom is 0.273 e. The molecule has 1 unspecified atom stereocenters. The van der Waals surface area contributed by atoms with Gasteiger partial charge in [-0.25, -0.2) is 0 Å². The van der Waals surface area contributed by atoms with Crippen LogP contribution in [0.1, 0.15) is 25.0 Å². The van der Waals surface area contributed by atoms with Crippen molar-refractivity contribution in [2.24, 2.45) is 7.05 Å². The molecule has 0 aliphatic carbocycles. The van der Waals surface area contributed by atoms with E-state index in [1.54, 1.807) is 44.4 Å². The Bertz CT molecular complexity index is 1340. The fourth-order valence-corrected chi connectivity index (χ4v) is 3.77. The Morgan fingerprint density at radius 2 is 1.83 bits per heavy atom. The first-order valence-corrected chi connectivity index (χ1v) is 11.7. The number of likely N-dealkylation sites (N-methyl/N-ethyl adjacent to an activating group) is 1. The lowest BCUT2D eigenvalue weighted by atomic mass is 10.0. The van der Waals surface area contributed by atoms with E-state index >= 15 is 0 Å². The van der Waals surface area contributed by atoms with Gasteiger partial charge < -0.3 is 25.3 Å². The topological polar surface area (TPSA) is 101 Å². The second kappa shape index (κ2) is 11.4. The molecule has 2 aromatic carbocycles. The molecule has 0 aliphatic heterocycles. The number of aryl methyl sites for hydroxylation is 3. The molecule has 8 heteroatoms. The SMILES string of the molecule is C=CC(=O)Nc1ccc(Oc2c(C)cccc2C)c(-c2cc(NC(C)C(=O)NCC)c(=O)n(C)c2)c1. The molecule has 188 valence electrons. The van der Waals surface area contributed by atoms with E-state index in [1.807, 2.05) is 39.0 Å². The van der Waals surface area contributed by atoms with Crippen molar-refractivity contribution in [1.29, 1.82) is 0 Å². The molecule has 0 spiro atoms. The molecule has 1 aromatic heterocycles. The molecule has 0 radical (unpaired) electrons. The summed E-state index contributed by atoms with van der Waals surface area (Å²) in [5.74, 6) is 0.723. The Balaban J connectivity index is 2.13. The Hall–Kier alpha value is -4.33. The van der Waals surface area contributed by atoms with Gasteiger partial charge in [0.1, 0.15) is 23.2 Å². The third kappa shape index (κ3) is 6.02. The number of aromatic nitrogens is 1. The molecule has 3 N–H and O–H groups in total. The highest BCUT2D eigenvalue weighted by atomic mass is 16.5. The van der Waals surface area contributed by atoms with Crippen molar-refractivity contribution in [2.45, 2.75) is 33.7 Å². The lowest BCUT2D eigenvalue weighted by Crippen LogP contribution is -2.39. The van der Waals surface area contributed by atoms with E-state index in [9.17, 15) is 14.4 Å². The van der Waals surface area contributed by atoms with Crippen LogP contribution in [0.4, 0.5) is 11.4 Å². The highest BCUT2D eigenvalue weighted by Gasteiger charge is 2.18. The summed E-state index contributed by atoms with van der Waals surface area (Å²) >= 11 is 0. The van der Waals surface area contributed by atoms with Crippen molar-refractivity contribution in [3.8, 4) is 22.6 Å². The lowest BCUT2D eigenvalue weighted by molar-refractivity contribution is -0.121. The van der Waals surface area contributed by atoms with Crippen molar-refractivity contribution in [3.05, 3.63) is 82.8 Å². The quantitative estimate of drug-likeness (QED) is 0.385. The number of benzene rings is 2. The van der Waals surface area contributed by atoms with Crippen LogP contribution in [0, 0.1) is 13.8 Å². The standard InChI is InChI=1S/C28H32N4O4/c1-7-25(33)31-21-12-13-24(36-26-17(3)10-9-11-18(26)4)22(15-21)20-14-23(28(35)32(6)16-20)30-19(5)27(34)29-8-2/h7,9-16,19,30H,1,8H2,2-6H3,(H,29,34)(H,31,33). The van der Waals surface area contributed by atoms with Gasteiger partial charge in [-0.2, -0.15) is 0 Å². The molecule has 3 aromatic rings. The van der Waals surface area contributed by atoms with Crippen molar-refractivity contribution in [2.75, 3.05) is 17.2 Å². The van der Waals surface area contributed by atoms with Crippen molar-refractivity contribution in [3.63, 3.8) is 0 Å². The first kappa shape index (κ1) is 26.3. The summed E-state index contributed by atoms with van der Waals surface area (Å²) in [4.78, 5) is 37.0. The predicted octanol–water partition coefficient (Wildman–Crippen LogP) is 4.52. The van der Waals surface area contributed by atoms with E-state index in [1.165, 1.54) is 10.6 Å². The summed E-state index contributed by atoms with van der Waals surface area (Å²) in [6.45, 7) is 11.5. The molecule has 0 bridgehead atoms. The number of pyridine rings is 1. The van der Waals surface area contributed by atoms with E-state index in [4.69, 9.17) is 4.74 Å². The summed E-state index contributed by atoms with van der Waals surface area (Å²) in [5, 5.41) is 8.53. The Morgan fingerprint density at radius 3 is 2.47 bits per heavy atom. The summed E-state index contributed by atoms with van der Waals surface area (Å²) in [5.41, 5.74) is 3.81. The molecular weight excluding hydrogens is 456 g/mol. The van der Waals surface area contributed by atoms with Gasteiger partial charge in [-0.1, -0.05) is 24.8 Å². The first-order chi connectivity index (χ1) is 17.1. The molecule has 0 saturated carbocycles. The van der Waals surface area contributed by atoms with Gasteiger partial charge in [-0.3, -0.25) is 14.4 Å². The van der Waals surface area contributed by atoms with Crippen LogP contribution in [-0.4, -0.2) is 29.0 Å². The maximum absolute atomic E-state index is 12.9. The number of nitrogens with one attached hydrogen (secondary N) is 3. The predicted molar refractivity (Wildman–Crippen MR) is 144 cm³/mol. The number of anilines is 2. The summed E-state index contributed by atoms with van der Waals surface area (Å²) in [7, 11) is 1.64. The fraction of sp³-hybridized carbons (Fsp3) is 0.250. The molecule has 8 nitrogen and oxygen atoms in total. The zero-order valence-corrected chi connectivity index (χ0v) is 21.3. The monoisotopic (exact) mass is 488 g/mol. The van der Waals surface area contributed by atoms with Gasteiger partial charge in [0.2, 0.25) is 11.8 Å². The third-order valence-electron chi connectivity index (χ3n) is 5.66. The zero-order valence-electron chi connectivity index (χ0n) is 21.3. The average molecular weight is 489 g/mol. The minimum atomic E-state index is -0.614. The van der Waals surface area contributed by atoms with Gasteiger partial charge in [0.05, 0.1) is 0 Å². The van der Waals surface area contributed by atoms with Crippen molar-refractivity contribution in [1.82, 2.24) is 9.88 Å². The van der Waals surface area contributed by atoms with Crippen molar-refractivity contribution >= 4 is 23.2 Å². The second-order valence-corrected chi connectivity index (χ2v) is 8.55. The molecule has 1 atom stereocenters. The van der Waals surface area contributed by atoms with E-state index < -0.39 is 6.04 Å². The van der Waals surface area contributed by atoms with Gasteiger partial charge in [0, 0.05) is 36.6 Å². The lowest BCUT2D eigenvalue weighted by Gasteiger charge is -2.19. The van der Waals surface area contributed by atoms with Crippen LogP contribution in [0.3, 0.4) is 0 Å². The minimum absolute atomic E-state index is 0.210. The van der Waals surface area contributed by atoms with Crippen LogP contribution >= 0.6 is 0 Å². The van der Waals surface area contributed by atoms with Crippen LogP contribution in [0.2, 0.25) is 0 Å². The summed E-state index contributed by atoms with van der Waals surface area (Å²) in [6, 6.07) is 12.3. The van der Waals surface area contributed by atoms with E-state index in [2.05, 4.69) is 22.5 Å². The summed E-state index contributed by atoms with van der Waals surface area (Å²) < 4.78 is 7.81. The molecule has 0 aliphatic rings. The number of ether oxygens (including phenoxy) is 1. The maximum atomic E-state index is 12.9. The fourth-order valence-electron chi connectivity index (χ4n) is 3.77. The molecule has 1 heterocycles. The highest BCUT2D eigenvalue weighted by Crippen LogP contribution is 2.38. The number of carbonyl (C=O) groups is 2. The smallest absolute Gasteiger partial charge is 0.273 e. The van der Waals surface area contributed by atoms with Gasteiger partial charge in [-0.15, -0.1) is 0 Å². The normalized spacial score (nSPS) is 11.4. The largest absolute Gasteiger partial charge is 0.456 e. The molecule has 36 heavy (non-hydrogen) atoms. The van der Waals surface area contributed by atoms with Crippen molar-refractivity contribution < 1.29 is 14.3 Å². The number of rotatable bonds is 9. The van der Waals surface area contributed by atoms with Gasteiger partial charge in [0.25, 0.3) is 5.56 Å². The number of amides is 2. The molecule has 3 rings (SSSR count). The van der Waals surface area contributed by atoms with E-state index in [0.717, 1.165) is 16.9 Å². The van der Waals surface area contributed by atoms with Crippen LogP contribution < -0.4 is 26.2 Å². The van der Waals surface area contributed by atoms with Crippen LogP contribution in [0.5, 0.6) is 11.5 Å². The minimum Gasteiger partial charge on any atom is -0.456 e. The number of hydrogen-bond acceptors (Lipinski definition) is 5. The number of nitrogens with zero attached hydrogens (tertiary/aromatic N) is 1. The Morgan fingerprint density at radius 1 is 1.14 bits per heavy atom. The Kier molecular flexibility index (Phi) is 8.32. The number of hydrogen-bond donors (Lipinski definition) is 3. The molecular formula is C28H32N4O4. The van der Waals surface area contributed by atoms with E-state index in [-0.39, 0.29) is 23.1 Å². The van der Waals surface area contributed by atoms with Gasteiger partial charge in [0.15, 0.2) is 0 Å². The number of carbonyl (C=O) groups excluding carboxylic acids is 2. The average Bonchev–Trinajstić information content (AvgIpc) is 2.84. The third-order valence-corrected chi connectivity index (χ3v) is 5.66. The highest BCUT2D eigenvalue weighted by molar-refractivity contribution is 5.99. The van der Waals surface area contributed by atoms with Crippen LogP contribution in [-0.2, 0) is 16.6 Å². The molecule has 0 saturated heterocycles. The van der Waals surface area contributed by atoms with Crippen LogP contribution in [0.15, 0.2) is 66.1 Å². The van der Waals surface area contributed by atoms with Gasteiger partial charge in [-0.05, 0) is 69.2 Å². The zero-order chi connectivity index (χ0) is 26.4. The first-order valence-electron chi connectivity index (χ1n) is 11.7. The Labute approximate surface area is 211 Å².